The molecule has 0 amide bonds. The lowest BCUT2D eigenvalue weighted by atomic mass is 10.2. The summed E-state index contributed by atoms with van der Waals surface area (Å²) in [6.45, 7) is 7.37. The number of nitrogens with zero attached hydrogens (tertiary/aromatic N) is 2. The molecule has 5 heteroatoms. The van der Waals surface area contributed by atoms with E-state index in [-0.39, 0.29) is 24.0 Å². The molecule has 0 aliphatic heterocycles. The van der Waals surface area contributed by atoms with Crippen LogP contribution in [0.3, 0.4) is 0 Å². The van der Waals surface area contributed by atoms with Gasteiger partial charge in [0.25, 0.3) is 0 Å². The second-order valence-electron chi connectivity index (χ2n) is 5.90. The Labute approximate surface area is 151 Å². The van der Waals surface area contributed by atoms with E-state index in [1.165, 1.54) is 18.4 Å². The van der Waals surface area contributed by atoms with Crippen LogP contribution in [0.1, 0.15) is 32.3 Å². The number of guanidine groups is 1. The van der Waals surface area contributed by atoms with Gasteiger partial charge in [0.15, 0.2) is 5.96 Å². The van der Waals surface area contributed by atoms with E-state index in [0.29, 0.717) is 6.04 Å². The fraction of sp³-hybridized carbons (Fsp3) is 0.588. The molecule has 1 fully saturated rings. The third-order valence-electron chi connectivity index (χ3n) is 3.87. The standard InChI is InChI=1S/C17H28N4.HI/c1-14(2)21(16-9-10-16)12-11-19-17(18-3)20-13-15-7-5-4-6-8-15;/h4-8,14,16H,9-13H2,1-3H3,(H2,18,19,20);1H. The molecular weight excluding hydrogens is 387 g/mol. The topological polar surface area (TPSA) is 39.7 Å². The highest BCUT2D eigenvalue weighted by Gasteiger charge is 2.29. The lowest BCUT2D eigenvalue weighted by Crippen LogP contribution is -2.43. The van der Waals surface area contributed by atoms with E-state index in [0.717, 1.165) is 31.6 Å². The van der Waals surface area contributed by atoms with Gasteiger partial charge in [0.05, 0.1) is 0 Å². The van der Waals surface area contributed by atoms with E-state index in [1.54, 1.807) is 0 Å². The second-order valence-corrected chi connectivity index (χ2v) is 5.90. The van der Waals surface area contributed by atoms with Crippen LogP contribution in [-0.4, -0.2) is 43.1 Å². The van der Waals surface area contributed by atoms with Gasteiger partial charge < -0.3 is 10.6 Å². The van der Waals surface area contributed by atoms with E-state index >= 15 is 0 Å². The van der Waals surface area contributed by atoms with Gasteiger partial charge in [-0.2, -0.15) is 0 Å². The van der Waals surface area contributed by atoms with E-state index < -0.39 is 0 Å². The summed E-state index contributed by atoms with van der Waals surface area (Å²) >= 11 is 0. The van der Waals surface area contributed by atoms with Crippen molar-refractivity contribution in [1.29, 1.82) is 0 Å². The van der Waals surface area contributed by atoms with E-state index in [9.17, 15) is 0 Å². The quantitative estimate of drug-likeness (QED) is 0.408. The van der Waals surface area contributed by atoms with E-state index in [2.05, 4.69) is 58.6 Å². The molecule has 1 aromatic carbocycles. The number of nitrogens with one attached hydrogen (secondary N) is 2. The van der Waals surface area contributed by atoms with Crippen molar-refractivity contribution in [3.05, 3.63) is 35.9 Å². The number of halogens is 1. The molecule has 1 saturated carbocycles. The molecule has 2 rings (SSSR count). The maximum absolute atomic E-state index is 4.28. The molecule has 0 aromatic heterocycles. The minimum atomic E-state index is 0. The highest BCUT2D eigenvalue weighted by Crippen LogP contribution is 2.27. The molecule has 2 N–H and O–H groups in total. The van der Waals surface area contributed by atoms with Crippen molar-refractivity contribution in [3.63, 3.8) is 0 Å². The Kier molecular flexibility index (Phi) is 8.78. The van der Waals surface area contributed by atoms with Crippen molar-refractivity contribution in [2.24, 2.45) is 4.99 Å². The molecule has 1 aliphatic rings. The Balaban J connectivity index is 0.00000242. The molecule has 124 valence electrons. The molecule has 22 heavy (non-hydrogen) atoms. The van der Waals surface area contributed by atoms with Crippen LogP contribution in [0.5, 0.6) is 0 Å². The average molecular weight is 416 g/mol. The van der Waals surface area contributed by atoms with Gasteiger partial charge in [0.2, 0.25) is 0 Å². The first kappa shape index (κ1) is 19.2. The van der Waals surface area contributed by atoms with Gasteiger partial charge in [-0.15, -0.1) is 24.0 Å². The number of rotatable bonds is 7. The molecule has 0 bridgehead atoms. The molecule has 0 heterocycles. The summed E-state index contributed by atoms with van der Waals surface area (Å²) in [6, 6.07) is 11.8. The summed E-state index contributed by atoms with van der Waals surface area (Å²) in [5.41, 5.74) is 1.27. The molecule has 0 atom stereocenters. The van der Waals surface area contributed by atoms with Gasteiger partial charge >= 0.3 is 0 Å². The Bertz CT molecular complexity index is 441. The summed E-state index contributed by atoms with van der Waals surface area (Å²) in [5, 5.41) is 6.76. The molecule has 0 spiro atoms. The van der Waals surface area contributed by atoms with Crippen LogP contribution >= 0.6 is 24.0 Å². The lowest BCUT2D eigenvalue weighted by Gasteiger charge is -2.26. The minimum Gasteiger partial charge on any atom is -0.355 e. The maximum atomic E-state index is 4.28. The van der Waals surface area contributed by atoms with E-state index in [4.69, 9.17) is 0 Å². The number of hydrogen-bond donors (Lipinski definition) is 2. The zero-order valence-electron chi connectivity index (χ0n) is 13.9. The number of hydrogen-bond acceptors (Lipinski definition) is 2. The van der Waals surface area contributed by atoms with Crippen molar-refractivity contribution < 1.29 is 0 Å². The fourth-order valence-electron chi connectivity index (χ4n) is 2.57. The molecule has 0 radical (unpaired) electrons. The van der Waals surface area contributed by atoms with Gasteiger partial charge in [-0.3, -0.25) is 9.89 Å². The first-order chi connectivity index (χ1) is 10.2. The zero-order valence-corrected chi connectivity index (χ0v) is 16.2. The van der Waals surface area contributed by atoms with E-state index in [1.807, 2.05) is 13.1 Å². The van der Waals surface area contributed by atoms with Crippen LogP contribution in [0.25, 0.3) is 0 Å². The first-order valence-electron chi connectivity index (χ1n) is 7.95. The van der Waals surface area contributed by atoms with Crippen LogP contribution in [-0.2, 0) is 6.54 Å². The third-order valence-corrected chi connectivity index (χ3v) is 3.87. The Hall–Kier alpha value is -0.820. The number of benzene rings is 1. The van der Waals surface area contributed by atoms with Crippen molar-refractivity contribution in [2.45, 2.75) is 45.3 Å². The summed E-state index contributed by atoms with van der Waals surface area (Å²) < 4.78 is 0. The fourth-order valence-corrected chi connectivity index (χ4v) is 2.57. The van der Waals surface area contributed by atoms with Crippen molar-refractivity contribution in [2.75, 3.05) is 20.1 Å². The van der Waals surface area contributed by atoms with Gasteiger partial charge in [0.1, 0.15) is 0 Å². The lowest BCUT2D eigenvalue weighted by molar-refractivity contribution is 0.215. The minimum absolute atomic E-state index is 0. The second kappa shape index (κ2) is 10.0. The summed E-state index contributed by atoms with van der Waals surface area (Å²) in [7, 11) is 1.82. The first-order valence-corrected chi connectivity index (χ1v) is 7.95. The molecular formula is C17H29IN4. The molecule has 0 saturated heterocycles. The smallest absolute Gasteiger partial charge is 0.191 e. The van der Waals surface area contributed by atoms with Crippen LogP contribution < -0.4 is 10.6 Å². The van der Waals surface area contributed by atoms with Crippen LogP contribution in [0.15, 0.2) is 35.3 Å². The molecule has 1 aromatic rings. The zero-order chi connectivity index (χ0) is 15.1. The SMILES string of the molecule is CN=C(NCCN(C(C)C)C1CC1)NCc1ccccc1.I. The van der Waals surface area contributed by atoms with Gasteiger partial charge in [0, 0.05) is 38.8 Å². The highest BCUT2D eigenvalue weighted by molar-refractivity contribution is 14.0. The molecule has 1 aliphatic carbocycles. The monoisotopic (exact) mass is 416 g/mol. The van der Waals surface area contributed by atoms with Crippen molar-refractivity contribution in [1.82, 2.24) is 15.5 Å². The summed E-state index contributed by atoms with van der Waals surface area (Å²) in [5.74, 6) is 0.873. The van der Waals surface area contributed by atoms with Gasteiger partial charge in [-0.25, -0.2) is 0 Å². The van der Waals surface area contributed by atoms with Crippen molar-refractivity contribution >= 4 is 29.9 Å². The third kappa shape index (κ3) is 6.52. The number of aliphatic imine (C=N–C) groups is 1. The van der Waals surface area contributed by atoms with Gasteiger partial charge in [-0.1, -0.05) is 30.3 Å². The summed E-state index contributed by atoms with van der Waals surface area (Å²) in [4.78, 5) is 6.86. The normalized spacial score (nSPS) is 14.9. The van der Waals surface area contributed by atoms with Crippen molar-refractivity contribution in [3.8, 4) is 0 Å². The van der Waals surface area contributed by atoms with Crippen LogP contribution in [0, 0.1) is 0 Å². The maximum Gasteiger partial charge on any atom is 0.191 e. The Morgan fingerprint density at radius 1 is 1.23 bits per heavy atom. The molecule has 4 nitrogen and oxygen atoms in total. The van der Waals surface area contributed by atoms with Crippen LogP contribution in [0.4, 0.5) is 0 Å². The highest BCUT2D eigenvalue weighted by atomic mass is 127. The van der Waals surface area contributed by atoms with Crippen LogP contribution in [0.2, 0.25) is 0 Å². The molecule has 0 unspecified atom stereocenters. The Morgan fingerprint density at radius 2 is 1.91 bits per heavy atom. The summed E-state index contributed by atoms with van der Waals surface area (Å²) in [6.07, 6.45) is 2.72. The average Bonchev–Trinajstić information content (AvgIpc) is 3.32. The predicted molar refractivity (Wildman–Crippen MR) is 105 cm³/mol. The largest absolute Gasteiger partial charge is 0.355 e. The Morgan fingerprint density at radius 3 is 2.45 bits per heavy atom. The van der Waals surface area contributed by atoms with Gasteiger partial charge in [-0.05, 0) is 32.3 Å². The predicted octanol–water partition coefficient (Wildman–Crippen LogP) is 2.84.